The molecule has 0 aliphatic heterocycles. The highest BCUT2D eigenvalue weighted by atomic mass is 16.5. The van der Waals surface area contributed by atoms with Crippen molar-refractivity contribution in [3.63, 3.8) is 0 Å². The molecular weight excluding hydrogens is 360 g/mol. The van der Waals surface area contributed by atoms with Crippen LogP contribution in [0.5, 0.6) is 6.01 Å². The Morgan fingerprint density at radius 3 is 1.97 bits per heavy atom. The van der Waals surface area contributed by atoms with Crippen molar-refractivity contribution >= 4 is 5.97 Å². The average Bonchev–Trinajstić information content (AvgIpc) is 3.11. The Hall–Kier alpha value is -3.66. The molecule has 0 atom stereocenters. The van der Waals surface area contributed by atoms with Crippen molar-refractivity contribution < 1.29 is 9.53 Å². The lowest BCUT2D eigenvalue weighted by atomic mass is 10.0. The van der Waals surface area contributed by atoms with Gasteiger partial charge in [0.15, 0.2) is 0 Å². The first kappa shape index (κ1) is 18.7. The fraction of sp³-hybridized carbons (Fsp3) is 0.120. The second kappa shape index (κ2) is 8.57. The van der Waals surface area contributed by atoms with Crippen LogP contribution >= 0.6 is 0 Å². The van der Waals surface area contributed by atoms with Crippen LogP contribution in [0.2, 0.25) is 0 Å². The van der Waals surface area contributed by atoms with Crippen LogP contribution < -0.4 is 4.74 Å². The Balaban J connectivity index is 1.85. The molecule has 0 spiro atoms. The van der Waals surface area contributed by atoms with Crippen molar-refractivity contribution in [1.82, 2.24) is 9.55 Å². The Bertz CT molecular complexity index is 1090. The number of nitrogens with zero attached hydrogens (tertiary/aromatic N) is 2. The van der Waals surface area contributed by atoms with Crippen LogP contribution in [0.3, 0.4) is 0 Å². The highest BCUT2D eigenvalue weighted by molar-refractivity contribution is 5.80. The van der Waals surface area contributed by atoms with E-state index in [1.54, 1.807) is 0 Å². The number of aryl methyl sites for hydroxylation is 1. The van der Waals surface area contributed by atoms with Crippen molar-refractivity contribution in [2.24, 2.45) is 0 Å². The van der Waals surface area contributed by atoms with E-state index in [1.807, 2.05) is 71.3 Å². The largest absolute Gasteiger partial charge is 0.392 e. The van der Waals surface area contributed by atoms with Crippen molar-refractivity contribution in [2.75, 3.05) is 0 Å². The number of aromatic nitrogens is 2. The summed E-state index contributed by atoms with van der Waals surface area (Å²) < 4.78 is 7.52. The van der Waals surface area contributed by atoms with E-state index in [0.717, 1.165) is 28.9 Å². The maximum Gasteiger partial charge on any atom is 0.310 e. The van der Waals surface area contributed by atoms with Gasteiger partial charge in [-0.25, -0.2) is 0 Å². The molecule has 0 radical (unpaired) electrons. The summed E-state index contributed by atoms with van der Waals surface area (Å²) in [6.07, 6.45) is 0.805. The first-order valence-corrected chi connectivity index (χ1v) is 9.66. The summed E-state index contributed by atoms with van der Waals surface area (Å²) >= 11 is 0. The minimum atomic E-state index is -0.379. The van der Waals surface area contributed by atoms with E-state index in [9.17, 15) is 4.79 Å². The molecule has 0 amide bonds. The summed E-state index contributed by atoms with van der Waals surface area (Å²) in [6.45, 7) is 2.05. The topological polar surface area (TPSA) is 44.1 Å². The number of ether oxygens (including phenoxy) is 1. The second-order valence-corrected chi connectivity index (χ2v) is 6.80. The van der Waals surface area contributed by atoms with E-state index in [1.165, 1.54) is 12.5 Å². The smallest absolute Gasteiger partial charge is 0.310 e. The van der Waals surface area contributed by atoms with Gasteiger partial charge in [-0.3, -0.25) is 9.36 Å². The Labute approximate surface area is 170 Å². The van der Waals surface area contributed by atoms with Gasteiger partial charge < -0.3 is 4.74 Å². The maximum atomic E-state index is 11.8. The first-order valence-electron chi connectivity index (χ1n) is 9.66. The molecule has 1 heterocycles. The molecule has 29 heavy (non-hydrogen) atoms. The zero-order valence-electron chi connectivity index (χ0n) is 16.3. The SMILES string of the molecule is CC(=O)Oc1nc(-c2ccccc2)c(-c2ccccc2)n1CCc1ccccc1. The lowest BCUT2D eigenvalue weighted by Crippen LogP contribution is -2.10. The molecule has 0 bridgehead atoms. The van der Waals surface area contributed by atoms with Gasteiger partial charge in [0, 0.05) is 24.6 Å². The van der Waals surface area contributed by atoms with Crippen LogP contribution in [-0.4, -0.2) is 15.5 Å². The molecule has 4 nitrogen and oxygen atoms in total. The zero-order valence-corrected chi connectivity index (χ0v) is 16.3. The summed E-state index contributed by atoms with van der Waals surface area (Å²) in [7, 11) is 0. The van der Waals surface area contributed by atoms with Crippen LogP contribution in [0.4, 0.5) is 0 Å². The average molecular weight is 382 g/mol. The third kappa shape index (κ3) is 4.27. The molecule has 0 saturated heterocycles. The molecule has 4 heteroatoms. The van der Waals surface area contributed by atoms with Crippen LogP contribution in [-0.2, 0) is 17.8 Å². The van der Waals surface area contributed by atoms with Gasteiger partial charge in [-0.1, -0.05) is 91.0 Å². The molecule has 0 fully saturated rings. The van der Waals surface area contributed by atoms with E-state index in [0.29, 0.717) is 12.6 Å². The third-order valence-electron chi connectivity index (χ3n) is 4.73. The normalized spacial score (nSPS) is 10.7. The molecule has 0 aliphatic carbocycles. The van der Waals surface area contributed by atoms with Gasteiger partial charge >= 0.3 is 12.0 Å². The van der Waals surface area contributed by atoms with Gasteiger partial charge in [0.1, 0.15) is 5.69 Å². The first-order chi connectivity index (χ1) is 14.2. The summed E-state index contributed by atoms with van der Waals surface area (Å²) in [6, 6.07) is 30.7. The molecule has 0 aliphatic rings. The van der Waals surface area contributed by atoms with Crippen molar-refractivity contribution in [3.05, 3.63) is 96.6 Å². The minimum Gasteiger partial charge on any atom is -0.392 e. The molecule has 1 aromatic heterocycles. The predicted octanol–water partition coefficient (Wildman–Crippen LogP) is 5.39. The molecule has 0 saturated carbocycles. The van der Waals surface area contributed by atoms with Crippen LogP contribution in [0.1, 0.15) is 12.5 Å². The number of hydrogen-bond acceptors (Lipinski definition) is 3. The summed E-state index contributed by atoms with van der Waals surface area (Å²) in [5.74, 6) is -0.379. The molecular formula is C25H22N2O2. The van der Waals surface area contributed by atoms with Crippen molar-refractivity contribution in [2.45, 2.75) is 19.9 Å². The Morgan fingerprint density at radius 1 is 0.828 bits per heavy atom. The van der Waals surface area contributed by atoms with Gasteiger partial charge in [-0.05, 0) is 12.0 Å². The zero-order chi connectivity index (χ0) is 20.1. The third-order valence-corrected chi connectivity index (χ3v) is 4.73. The quantitative estimate of drug-likeness (QED) is 0.420. The Kier molecular flexibility index (Phi) is 5.52. The number of carbonyl (C=O) groups excluding carboxylic acids is 1. The monoisotopic (exact) mass is 382 g/mol. The van der Waals surface area contributed by atoms with Gasteiger partial charge in [0.25, 0.3) is 0 Å². The van der Waals surface area contributed by atoms with Crippen molar-refractivity contribution in [3.8, 4) is 28.5 Å². The number of benzene rings is 3. The molecule has 3 aromatic carbocycles. The fourth-order valence-electron chi connectivity index (χ4n) is 3.42. The molecule has 0 unspecified atom stereocenters. The van der Waals surface area contributed by atoms with E-state index >= 15 is 0 Å². The van der Waals surface area contributed by atoms with Crippen LogP contribution in [0, 0.1) is 0 Å². The van der Waals surface area contributed by atoms with E-state index in [2.05, 4.69) is 24.3 Å². The van der Waals surface area contributed by atoms with Gasteiger partial charge in [0.05, 0.1) is 5.69 Å². The van der Waals surface area contributed by atoms with Gasteiger partial charge in [-0.2, -0.15) is 4.98 Å². The second-order valence-electron chi connectivity index (χ2n) is 6.80. The summed E-state index contributed by atoms with van der Waals surface area (Å²) in [5, 5.41) is 0. The number of esters is 1. The lowest BCUT2D eigenvalue weighted by Gasteiger charge is -2.12. The molecule has 0 N–H and O–H groups in total. The fourth-order valence-corrected chi connectivity index (χ4v) is 3.42. The molecule has 4 aromatic rings. The minimum absolute atomic E-state index is 0.325. The summed E-state index contributed by atoms with van der Waals surface area (Å²) in [5.41, 5.74) is 4.99. The highest BCUT2D eigenvalue weighted by Crippen LogP contribution is 2.35. The number of rotatable bonds is 6. The van der Waals surface area contributed by atoms with Gasteiger partial charge in [0.2, 0.25) is 0 Å². The standard InChI is InChI=1S/C25H22N2O2/c1-19(28)29-25-26-23(21-13-7-3-8-14-21)24(22-15-9-4-10-16-22)27(25)18-17-20-11-5-2-6-12-20/h2-16H,17-18H2,1H3. The lowest BCUT2D eigenvalue weighted by molar-refractivity contribution is -0.132. The molecule has 4 rings (SSSR count). The predicted molar refractivity (Wildman–Crippen MR) is 115 cm³/mol. The highest BCUT2D eigenvalue weighted by Gasteiger charge is 2.22. The van der Waals surface area contributed by atoms with Crippen molar-refractivity contribution in [1.29, 1.82) is 0 Å². The Morgan fingerprint density at radius 2 is 1.38 bits per heavy atom. The molecule has 144 valence electrons. The van der Waals surface area contributed by atoms with E-state index < -0.39 is 0 Å². The summed E-state index contributed by atoms with van der Waals surface area (Å²) in [4.78, 5) is 16.5. The number of carbonyl (C=O) groups is 1. The van der Waals surface area contributed by atoms with Crippen LogP contribution in [0.25, 0.3) is 22.5 Å². The van der Waals surface area contributed by atoms with Crippen LogP contribution in [0.15, 0.2) is 91.0 Å². The van der Waals surface area contributed by atoms with E-state index in [-0.39, 0.29) is 5.97 Å². The number of hydrogen-bond donors (Lipinski definition) is 0. The maximum absolute atomic E-state index is 11.8. The van der Waals surface area contributed by atoms with E-state index in [4.69, 9.17) is 9.72 Å². The van der Waals surface area contributed by atoms with Gasteiger partial charge in [-0.15, -0.1) is 0 Å². The number of imidazole rings is 1.